The van der Waals surface area contributed by atoms with Crippen LogP contribution in [0.25, 0.3) is 0 Å². The van der Waals surface area contributed by atoms with Crippen LogP contribution in [-0.4, -0.2) is 9.96 Å². The van der Waals surface area contributed by atoms with E-state index in [1.54, 1.807) is 0 Å². The van der Waals surface area contributed by atoms with E-state index in [4.69, 9.17) is 0 Å². The average Bonchev–Trinajstić information content (AvgIpc) is 2.35. The molecule has 0 aromatic heterocycles. The summed E-state index contributed by atoms with van der Waals surface area (Å²) in [7, 11) is -0.687. The molecule has 0 spiro atoms. The molecule has 0 amide bonds. The zero-order valence-electron chi connectivity index (χ0n) is 11.6. The molecular formula is C16H24OS. The lowest BCUT2D eigenvalue weighted by molar-refractivity contribution is 0.388. The number of hydrogen-bond acceptors (Lipinski definition) is 1. The summed E-state index contributed by atoms with van der Waals surface area (Å²) in [6, 6.07) is 6.46. The molecule has 1 saturated carbocycles. The van der Waals surface area contributed by atoms with Crippen LogP contribution >= 0.6 is 0 Å². The van der Waals surface area contributed by atoms with E-state index in [0.29, 0.717) is 5.92 Å². The van der Waals surface area contributed by atoms with Crippen molar-refractivity contribution in [3.8, 4) is 0 Å². The molecule has 1 nitrogen and oxygen atoms in total. The van der Waals surface area contributed by atoms with Crippen LogP contribution in [0.2, 0.25) is 0 Å². The van der Waals surface area contributed by atoms with Gasteiger partial charge in [-0.15, -0.1) is 0 Å². The maximum Gasteiger partial charge on any atom is 0.0488 e. The molecule has 1 unspecified atom stereocenters. The maximum absolute atomic E-state index is 12.3. The van der Waals surface area contributed by atoms with Gasteiger partial charge in [0.1, 0.15) is 0 Å². The van der Waals surface area contributed by atoms with E-state index in [9.17, 15) is 4.21 Å². The molecule has 2 heteroatoms. The molecular weight excluding hydrogens is 240 g/mol. The molecule has 0 aliphatic heterocycles. The van der Waals surface area contributed by atoms with Gasteiger partial charge in [-0.25, -0.2) is 0 Å². The van der Waals surface area contributed by atoms with Crippen molar-refractivity contribution in [3.63, 3.8) is 0 Å². The van der Waals surface area contributed by atoms with E-state index in [0.717, 1.165) is 11.5 Å². The fourth-order valence-electron chi connectivity index (χ4n) is 2.80. The van der Waals surface area contributed by atoms with Crippen molar-refractivity contribution in [3.05, 3.63) is 34.9 Å². The SMILES string of the molecule is Cc1ccc(C)c(CS(=O)CC2CCCCC2)c1. The summed E-state index contributed by atoms with van der Waals surface area (Å²) < 4.78 is 12.3. The Morgan fingerprint density at radius 2 is 1.89 bits per heavy atom. The zero-order valence-corrected chi connectivity index (χ0v) is 12.4. The summed E-state index contributed by atoms with van der Waals surface area (Å²) in [6.45, 7) is 4.22. The van der Waals surface area contributed by atoms with E-state index < -0.39 is 10.8 Å². The largest absolute Gasteiger partial charge is 0.259 e. The second-order valence-electron chi connectivity index (χ2n) is 5.68. The first-order chi connectivity index (χ1) is 8.65. The highest BCUT2D eigenvalue weighted by atomic mass is 32.2. The van der Waals surface area contributed by atoms with Gasteiger partial charge in [-0.05, 0) is 43.7 Å². The first-order valence-corrected chi connectivity index (χ1v) is 8.55. The Kier molecular flexibility index (Phi) is 4.99. The highest BCUT2D eigenvalue weighted by Crippen LogP contribution is 2.25. The van der Waals surface area contributed by atoms with E-state index >= 15 is 0 Å². The van der Waals surface area contributed by atoms with Crippen molar-refractivity contribution in [1.82, 2.24) is 0 Å². The average molecular weight is 264 g/mol. The van der Waals surface area contributed by atoms with E-state index in [2.05, 4.69) is 32.0 Å². The minimum Gasteiger partial charge on any atom is -0.259 e. The Hall–Kier alpha value is -0.630. The minimum absolute atomic E-state index is 0.687. The van der Waals surface area contributed by atoms with Gasteiger partial charge in [0, 0.05) is 22.3 Å². The van der Waals surface area contributed by atoms with Crippen LogP contribution in [0.15, 0.2) is 18.2 Å². The first-order valence-electron chi connectivity index (χ1n) is 7.06. The molecule has 100 valence electrons. The predicted molar refractivity (Wildman–Crippen MR) is 79.2 cm³/mol. The van der Waals surface area contributed by atoms with Crippen LogP contribution < -0.4 is 0 Å². The van der Waals surface area contributed by atoms with Crippen LogP contribution in [-0.2, 0) is 16.6 Å². The fourth-order valence-corrected chi connectivity index (χ4v) is 4.44. The van der Waals surface area contributed by atoms with Gasteiger partial charge in [-0.2, -0.15) is 0 Å². The number of benzene rings is 1. The molecule has 2 rings (SSSR count). The number of aryl methyl sites for hydroxylation is 2. The molecule has 1 aliphatic rings. The summed E-state index contributed by atoms with van der Waals surface area (Å²) in [5.41, 5.74) is 3.81. The lowest BCUT2D eigenvalue weighted by Crippen LogP contribution is -2.15. The van der Waals surface area contributed by atoms with Gasteiger partial charge in [0.15, 0.2) is 0 Å². The van der Waals surface area contributed by atoms with Crippen molar-refractivity contribution in [2.24, 2.45) is 5.92 Å². The molecule has 1 aromatic carbocycles. The van der Waals surface area contributed by atoms with Crippen molar-refractivity contribution in [1.29, 1.82) is 0 Å². The quantitative estimate of drug-likeness (QED) is 0.799. The minimum atomic E-state index is -0.687. The Morgan fingerprint density at radius 3 is 2.61 bits per heavy atom. The third-order valence-corrected chi connectivity index (χ3v) is 5.44. The Balaban J connectivity index is 1.92. The van der Waals surface area contributed by atoms with Crippen LogP contribution in [0.4, 0.5) is 0 Å². The van der Waals surface area contributed by atoms with Gasteiger partial charge in [-0.3, -0.25) is 4.21 Å². The Bertz CT molecular complexity index is 419. The van der Waals surface area contributed by atoms with E-state index in [1.165, 1.54) is 48.8 Å². The Morgan fingerprint density at radius 1 is 1.17 bits per heavy atom. The molecule has 1 aliphatic carbocycles. The normalized spacial score (nSPS) is 18.8. The second-order valence-corrected chi connectivity index (χ2v) is 7.19. The summed E-state index contributed by atoms with van der Waals surface area (Å²) >= 11 is 0. The van der Waals surface area contributed by atoms with Crippen molar-refractivity contribution in [2.45, 2.75) is 51.7 Å². The number of rotatable bonds is 4. The van der Waals surface area contributed by atoms with Crippen LogP contribution in [0.5, 0.6) is 0 Å². The standard InChI is InChI=1S/C16H24OS/c1-13-8-9-14(2)16(10-13)12-18(17)11-15-6-4-3-5-7-15/h8-10,15H,3-7,11-12H2,1-2H3. The van der Waals surface area contributed by atoms with Crippen molar-refractivity contribution < 1.29 is 4.21 Å². The number of hydrogen-bond donors (Lipinski definition) is 0. The lowest BCUT2D eigenvalue weighted by atomic mass is 9.91. The summed E-state index contributed by atoms with van der Waals surface area (Å²) in [5.74, 6) is 2.36. The third-order valence-electron chi connectivity index (χ3n) is 3.97. The van der Waals surface area contributed by atoms with Gasteiger partial charge in [0.2, 0.25) is 0 Å². The van der Waals surface area contributed by atoms with Crippen molar-refractivity contribution in [2.75, 3.05) is 5.75 Å². The fraction of sp³-hybridized carbons (Fsp3) is 0.625. The van der Waals surface area contributed by atoms with Gasteiger partial charge in [0.05, 0.1) is 0 Å². The summed E-state index contributed by atoms with van der Waals surface area (Å²) in [5, 5.41) is 0. The van der Waals surface area contributed by atoms with Gasteiger partial charge in [0.25, 0.3) is 0 Å². The highest BCUT2D eigenvalue weighted by Gasteiger charge is 2.16. The van der Waals surface area contributed by atoms with E-state index in [1.807, 2.05) is 0 Å². The topological polar surface area (TPSA) is 17.1 Å². The van der Waals surface area contributed by atoms with Crippen LogP contribution in [0.1, 0.15) is 48.8 Å². The molecule has 0 bridgehead atoms. The zero-order chi connectivity index (χ0) is 13.0. The third kappa shape index (κ3) is 3.94. The Labute approximate surface area is 113 Å². The summed E-state index contributed by atoms with van der Waals surface area (Å²) in [6.07, 6.45) is 6.63. The van der Waals surface area contributed by atoms with Crippen LogP contribution in [0.3, 0.4) is 0 Å². The second kappa shape index (κ2) is 6.51. The molecule has 0 heterocycles. The predicted octanol–water partition coefficient (Wildman–Crippen LogP) is 4.13. The lowest BCUT2D eigenvalue weighted by Gasteiger charge is -2.21. The van der Waals surface area contributed by atoms with Gasteiger partial charge < -0.3 is 0 Å². The molecule has 0 N–H and O–H groups in total. The van der Waals surface area contributed by atoms with Gasteiger partial charge >= 0.3 is 0 Å². The summed E-state index contributed by atoms with van der Waals surface area (Å²) in [4.78, 5) is 0. The highest BCUT2D eigenvalue weighted by molar-refractivity contribution is 7.84. The van der Waals surface area contributed by atoms with Crippen molar-refractivity contribution >= 4 is 10.8 Å². The molecule has 0 radical (unpaired) electrons. The monoisotopic (exact) mass is 264 g/mol. The molecule has 1 aromatic rings. The smallest absolute Gasteiger partial charge is 0.0488 e. The maximum atomic E-state index is 12.3. The molecule has 0 saturated heterocycles. The van der Waals surface area contributed by atoms with E-state index in [-0.39, 0.29) is 0 Å². The molecule has 1 atom stereocenters. The van der Waals surface area contributed by atoms with Crippen LogP contribution in [0, 0.1) is 19.8 Å². The molecule has 1 fully saturated rings. The first kappa shape index (κ1) is 13.8. The van der Waals surface area contributed by atoms with Gasteiger partial charge in [-0.1, -0.05) is 43.0 Å². The molecule has 18 heavy (non-hydrogen) atoms.